The van der Waals surface area contributed by atoms with Gasteiger partial charge in [-0.05, 0) is 112 Å². The van der Waals surface area contributed by atoms with E-state index in [1.807, 2.05) is 0 Å². The van der Waals surface area contributed by atoms with E-state index in [-0.39, 0.29) is 0 Å². The molecule has 1 aliphatic carbocycles. The molecule has 0 nitrogen and oxygen atoms in total. The van der Waals surface area contributed by atoms with Crippen LogP contribution in [0, 0.1) is 0 Å². The Labute approximate surface area is 256 Å². The maximum atomic E-state index is 2.45. The highest BCUT2D eigenvalue weighted by Gasteiger charge is 2.18. The molecule has 44 heavy (non-hydrogen) atoms. The zero-order valence-corrected chi connectivity index (χ0v) is 24.4. The van der Waals surface area contributed by atoms with Gasteiger partial charge >= 0.3 is 0 Å². The summed E-state index contributed by atoms with van der Waals surface area (Å²) in [7, 11) is 0. The maximum absolute atomic E-state index is 2.45. The van der Waals surface area contributed by atoms with Crippen molar-refractivity contribution in [2.75, 3.05) is 0 Å². The van der Waals surface area contributed by atoms with Crippen LogP contribution in [0.4, 0.5) is 0 Å². The molecule has 0 aliphatic heterocycles. The minimum atomic E-state index is 1.08. The van der Waals surface area contributed by atoms with Gasteiger partial charge in [0.05, 0.1) is 0 Å². The molecule has 0 saturated heterocycles. The molecule has 0 spiro atoms. The molecule has 0 radical (unpaired) electrons. The Morgan fingerprint density at radius 1 is 0.318 bits per heavy atom. The van der Waals surface area contributed by atoms with Gasteiger partial charge in [-0.15, -0.1) is 0 Å². The molecular weight excluding hydrogens is 528 g/mol. The van der Waals surface area contributed by atoms with Gasteiger partial charge < -0.3 is 0 Å². The highest BCUT2D eigenvalue weighted by atomic mass is 14.2. The third-order valence-corrected chi connectivity index (χ3v) is 9.45. The van der Waals surface area contributed by atoms with E-state index in [1.54, 1.807) is 0 Å². The molecule has 0 N–H and O–H groups in total. The molecule has 0 bridgehead atoms. The SMILES string of the molecule is C1=c2c(-c3ccccc3)cc3ccc(-c4c5ccccc5c(-c5cccc6ccccc56)c5ccccc45)cc3c2=CCC1. The van der Waals surface area contributed by atoms with Crippen LogP contribution in [0.2, 0.25) is 0 Å². The van der Waals surface area contributed by atoms with Crippen LogP contribution in [0.25, 0.3) is 88.6 Å². The minimum Gasteiger partial charge on any atom is -0.0757 e. The molecule has 9 rings (SSSR count). The standard InChI is InChI=1S/C44H30/c1-2-13-30(14-3-1)41-27-31-25-26-32(28-42(31)35-19-7-6-18-34(35)41)43-37-20-8-10-22-39(37)44(40-23-11-9-21-38(40)43)36-24-12-16-29-15-4-5-17-33(29)36/h1-5,8-28H,6-7H2. The molecule has 8 aromatic rings. The predicted molar refractivity (Wildman–Crippen MR) is 190 cm³/mol. The average molecular weight is 559 g/mol. The fourth-order valence-corrected chi connectivity index (χ4v) is 7.52. The molecule has 0 atom stereocenters. The van der Waals surface area contributed by atoms with Crippen molar-refractivity contribution in [3.8, 4) is 33.4 Å². The van der Waals surface area contributed by atoms with E-state index in [1.165, 1.54) is 86.9 Å². The van der Waals surface area contributed by atoms with Gasteiger partial charge in [0.1, 0.15) is 0 Å². The lowest BCUT2D eigenvalue weighted by atomic mass is 9.84. The van der Waals surface area contributed by atoms with Gasteiger partial charge in [0, 0.05) is 0 Å². The van der Waals surface area contributed by atoms with Crippen LogP contribution in [0.15, 0.2) is 146 Å². The second kappa shape index (κ2) is 10.1. The van der Waals surface area contributed by atoms with Crippen molar-refractivity contribution in [2.45, 2.75) is 12.8 Å². The number of fused-ring (bicyclic) bond motifs is 6. The molecule has 8 aromatic carbocycles. The van der Waals surface area contributed by atoms with Crippen LogP contribution >= 0.6 is 0 Å². The summed E-state index contributed by atoms with van der Waals surface area (Å²) in [6, 6.07) is 53.8. The summed E-state index contributed by atoms with van der Waals surface area (Å²) in [5, 5.41) is 13.1. The quantitative estimate of drug-likeness (QED) is 0.189. The van der Waals surface area contributed by atoms with Crippen LogP contribution in [0.3, 0.4) is 0 Å². The molecular formula is C44H30. The first kappa shape index (κ1) is 25.1. The van der Waals surface area contributed by atoms with E-state index in [0.29, 0.717) is 0 Å². The van der Waals surface area contributed by atoms with E-state index in [0.717, 1.165) is 12.8 Å². The second-order valence-corrected chi connectivity index (χ2v) is 11.9. The molecule has 1 aliphatic rings. The fraction of sp³-hybridized carbons (Fsp3) is 0.0455. The molecule has 0 heterocycles. The van der Waals surface area contributed by atoms with Crippen molar-refractivity contribution >= 4 is 55.2 Å². The van der Waals surface area contributed by atoms with Gasteiger partial charge in [-0.2, -0.15) is 0 Å². The van der Waals surface area contributed by atoms with Crippen LogP contribution in [-0.4, -0.2) is 0 Å². The molecule has 206 valence electrons. The third kappa shape index (κ3) is 3.85. The monoisotopic (exact) mass is 558 g/mol. The highest BCUT2D eigenvalue weighted by molar-refractivity contribution is 6.23. The second-order valence-electron chi connectivity index (χ2n) is 11.9. The molecule has 0 unspecified atom stereocenters. The normalized spacial score (nSPS) is 12.7. The third-order valence-electron chi connectivity index (χ3n) is 9.45. The Morgan fingerprint density at radius 3 is 1.64 bits per heavy atom. The van der Waals surface area contributed by atoms with Crippen LogP contribution < -0.4 is 10.4 Å². The van der Waals surface area contributed by atoms with Gasteiger partial charge in [-0.3, -0.25) is 0 Å². The van der Waals surface area contributed by atoms with E-state index < -0.39 is 0 Å². The molecule has 0 aromatic heterocycles. The first-order chi connectivity index (χ1) is 21.8. The summed E-state index contributed by atoms with van der Waals surface area (Å²) in [6.07, 6.45) is 7.06. The van der Waals surface area contributed by atoms with E-state index >= 15 is 0 Å². The van der Waals surface area contributed by atoms with Crippen LogP contribution in [-0.2, 0) is 0 Å². The van der Waals surface area contributed by atoms with Crippen molar-refractivity contribution in [1.82, 2.24) is 0 Å². The number of benzene rings is 8. The lowest BCUT2D eigenvalue weighted by Gasteiger charge is -2.19. The fourth-order valence-electron chi connectivity index (χ4n) is 7.52. The average Bonchev–Trinajstić information content (AvgIpc) is 3.10. The predicted octanol–water partition coefficient (Wildman–Crippen LogP) is 10.7. The minimum absolute atomic E-state index is 1.08. The molecule has 0 amide bonds. The van der Waals surface area contributed by atoms with E-state index in [9.17, 15) is 0 Å². The van der Waals surface area contributed by atoms with Gasteiger partial charge in [0.15, 0.2) is 0 Å². The smallest absolute Gasteiger partial charge is 0.00201 e. The Bertz CT molecular complexity index is 2470. The van der Waals surface area contributed by atoms with Crippen molar-refractivity contribution in [2.24, 2.45) is 0 Å². The lowest BCUT2D eigenvalue weighted by molar-refractivity contribution is 1.12. The van der Waals surface area contributed by atoms with Gasteiger partial charge in [0.25, 0.3) is 0 Å². The first-order valence-corrected chi connectivity index (χ1v) is 15.6. The van der Waals surface area contributed by atoms with Crippen LogP contribution in [0.5, 0.6) is 0 Å². The summed E-state index contributed by atoms with van der Waals surface area (Å²) >= 11 is 0. The Balaban J connectivity index is 1.37. The maximum Gasteiger partial charge on any atom is -0.00201 e. The highest BCUT2D eigenvalue weighted by Crippen LogP contribution is 2.45. The van der Waals surface area contributed by atoms with E-state index in [4.69, 9.17) is 0 Å². The Kier molecular flexibility index (Phi) is 5.74. The summed E-state index contributed by atoms with van der Waals surface area (Å²) in [4.78, 5) is 0. The summed E-state index contributed by atoms with van der Waals surface area (Å²) in [5.41, 5.74) is 7.78. The zero-order chi connectivity index (χ0) is 29.0. The first-order valence-electron chi connectivity index (χ1n) is 15.6. The van der Waals surface area contributed by atoms with E-state index in [2.05, 4.69) is 158 Å². The number of hydrogen-bond donors (Lipinski definition) is 0. The Hall–Kier alpha value is -5.46. The number of hydrogen-bond acceptors (Lipinski definition) is 0. The largest absolute Gasteiger partial charge is 0.0757 e. The lowest BCUT2D eigenvalue weighted by Crippen LogP contribution is -2.29. The zero-order valence-electron chi connectivity index (χ0n) is 24.4. The summed E-state index contributed by atoms with van der Waals surface area (Å²) in [5.74, 6) is 0. The van der Waals surface area contributed by atoms with Crippen molar-refractivity contribution in [3.05, 3.63) is 156 Å². The molecule has 0 fully saturated rings. The molecule has 0 saturated carbocycles. The van der Waals surface area contributed by atoms with Crippen molar-refractivity contribution < 1.29 is 0 Å². The Morgan fingerprint density at radius 2 is 0.909 bits per heavy atom. The van der Waals surface area contributed by atoms with Crippen molar-refractivity contribution in [1.29, 1.82) is 0 Å². The summed E-state index contributed by atoms with van der Waals surface area (Å²) < 4.78 is 0. The van der Waals surface area contributed by atoms with Gasteiger partial charge in [-0.25, -0.2) is 0 Å². The molecule has 0 heteroatoms. The van der Waals surface area contributed by atoms with Crippen LogP contribution in [0.1, 0.15) is 12.8 Å². The van der Waals surface area contributed by atoms with Gasteiger partial charge in [0.2, 0.25) is 0 Å². The summed E-state index contributed by atoms with van der Waals surface area (Å²) in [6.45, 7) is 0. The topological polar surface area (TPSA) is 0 Å². The van der Waals surface area contributed by atoms with Crippen molar-refractivity contribution in [3.63, 3.8) is 0 Å². The van der Waals surface area contributed by atoms with Gasteiger partial charge in [-0.1, -0.05) is 146 Å². The number of rotatable bonds is 3.